The lowest BCUT2D eigenvalue weighted by Gasteiger charge is -2.04. The maximum Gasteiger partial charge on any atom is 0.193 e. The molecule has 0 aliphatic heterocycles. The van der Waals surface area contributed by atoms with Gasteiger partial charge in [-0.05, 0) is 64.8 Å². The van der Waals surface area contributed by atoms with Gasteiger partial charge in [0.25, 0.3) is 0 Å². The number of ketones is 1. The molecule has 0 unspecified atom stereocenters. The van der Waals surface area contributed by atoms with E-state index in [0.717, 1.165) is 4.47 Å². The van der Waals surface area contributed by atoms with E-state index in [9.17, 15) is 9.18 Å². The van der Waals surface area contributed by atoms with Crippen LogP contribution in [0, 0.1) is 12.7 Å². The molecule has 2 aromatic carbocycles. The van der Waals surface area contributed by atoms with Crippen LogP contribution in [0.5, 0.6) is 0 Å². The van der Waals surface area contributed by atoms with Crippen LogP contribution < -0.4 is 0 Å². The Morgan fingerprint density at radius 2 is 1.78 bits per heavy atom. The Morgan fingerprint density at radius 3 is 2.39 bits per heavy atom. The monoisotopic (exact) mass is 326 g/mol. The average molecular weight is 328 g/mol. The van der Waals surface area contributed by atoms with E-state index in [1.165, 1.54) is 18.2 Å². The molecule has 0 aromatic heterocycles. The molecule has 1 nitrogen and oxygen atoms in total. The van der Waals surface area contributed by atoms with Crippen molar-refractivity contribution in [2.24, 2.45) is 0 Å². The van der Waals surface area contributed by atoms with Gasteiger partial charge in [0.1, 0.15) is 5.82 Å². The number of carbonyl (C=O) groups excluding carboxylic acids is 1. The largest absolute Gasteiger partial charge is 0.289 e. The summed E-state index contributed by atoms with van der Waals surface area (Å²) in [5.41, 5.74) is 1.38. The number of hydrogen-bond acceptors (Lipinski definition) is 1. The third-order valence-electron chi connectivity index (χ3n) is 2.60. The van der Waals surface area contributed by atoms with Gasteiger partial charge in [0.2, 0.25) is 0 Å². The molecule has 2 rings (SSSR count). The highest BCUT2D eigenvalue weighted by molar-refractivity contribution is 9.10. The van der Waals surface area contributed by atoms with Gasteiger partial charge in [-0.25, -0.2) is 4.39 Å². The van der Waals surface area contributed by atoms with Gasteiger partial charge in [-0.2, -0.15) is 0 Å². The predicted octanol–water partition coefficient (Wildman–Crippen LogP) is 4.78. The zero-order valence-corrected chi connectivity index (χ0v) is 11.8. The Hall–Kier alpha value is -1.19. The second-order valence-electron chi connectivity index (χ2n) is 3.92. The quantitative estimate of drug-likeness (QED) is 0.725. The summed E-state index contributed by atoms with van der Waals surface area (Å²) in [7, 11) is 0. The fourth-order valence-corrected chi connectivity index (χ4v) is 2.02. The molecule has 0 aliphatic carbocycles. The van der Waals surface area contributed by atoms with Gasteiger partial charge in [0.15, 0.2) is 5.78 Å². The Labute approximate surface area is 118 Å². The lowest BCUT2D eigenvalue weighted by molar-refractivity contribution is 0.103. The summed E-state index contributed by atoms with van der Waals surface area (Å²) < 4.78 is 13.9. The van der Waals surface area contributed by atoms with Crippen molar-refractivity contribution in [2.75, 3.05) is 0 Å². The van der Waals surface area contributed by atoms with E-state index in [0.29, 0.717) is 21.7 Å². The lowest BCUT2D eigenvalue weighted by Crippen LogP contribution is -2.02. The van der Waals surface area contributed by atoms with Crippen LogP contribution in [0.4, 0.5) is 4.39 Å². The molecular formula is C14H9BrClFO. The number of aryl methyl sites for hydroxylation is 1. The Bertz CT molecular complexity index is 572. The van der Waals surface area contributed by atoms with Crippen molar-refractivity contribution in [3.8, 4) is 0 Å². The normalized spacial score (nSPS) is 10.4. The Morgan fingerprint density at radius 1 is 1.17 bits per heavy atom. The minimum absolute atomic E-state index is 0.174. The van der Waals surface area contributed by atoms with Crippen molar-refractivity contribution in [3.63, 3.8) is 0 Å². The smallest absolute Gasteiger partial charge is 0.193 e. The number of hydrogen-bond donors (Lipinski definition) is 0. The summed E-state index contributed by atoms with van der Waals surface area (Å²) in [5, 5.41) is 0.472. The van der Waals surface area contributed by atoms with Crippen LogP contribution in [0.1, 0.15) is 21.5 Å². The summed E-state index contributed by atoms with van der Waals surface area (Å²) in [6.45, 7) is 1.63. The summed E-state index contributed by atoms with van der Waals surface area (Å²) in [6, 6.07) is 9.28. The highest BCUT2D eigenvalue weighted by atomic mass is 79.9. The summed E-state index contributed by atoms with van der Waals surface area (Å²) in [6.07, 6.45) is 0. The first kappa shape index (κ1) is 13.2. The number of benzene rings is 2. The SMILES string of the molecule is Cc1cc(C(=O)c2ccc(Br)c(Cl)c2)ccc1F. The molecule has 0 aliphatic rings. The average Bonchev–Trinajstić information content (AvgIpc) is 2.35. The van der Waals surface area contributed by atoms with E-state index in [4.69, 9.17) is 11.6 Å². The zero-order valence-electron chi connectivity index (χ0n) is 9.51. The highest BCUT2D eigenvalue weighted by Gasteiger charge is 2.11. The Balaban J connectivity index is 2.41. The summed E-state index contributed by atoms with van der Waals surface area (Å²) >= 11 is 9.21. The van der Waals surface area contributed by atoms with Gasteiger partial charge in [0.05, 0.1) is 5.02 Å². The van der Waals surface area contributed by atoms with Gasteiger partial charge in [0, 0.05) is 15.6 Å². The molecule has 0 fully saturated rings. The molecule has 92 valence electrons. The zero-order chi connectivity index (χ0) is 13.3. The topological polar surface area (TPSA) is 17.1 Å². The minimum atomic E-state index is -0.319. The van der Waals surface area contributed by atoms with E-state index in [-0.39, 0.29) is 11.6 Å². The fourth-order valence-electron chi connectivity index (χ4n) is 1.59. The second kappa shape index (κ2) is 5.21. The molecule has 0 bridgehead atoms. The third-order valence-corrected chi connectivity index (χ3v) is 3.83. The standard InChI is InChI=1S/C14H9BrClFO/c1-8-6-9(3-5-13(8)17)14(18)10-2-4-11(15)12(16)7-10/h2-7H,1H3. The predicted molar refractivity (Wildman–Crippen MR) is 73.7 cm³/mol. The molecular weight excluding hydrogens is 319 g/mol. The van der Waals surface area contributed by atoms with E-state index in [2.05, 4.69) is 15.9 Å². The molecule has 0 atom stereocenters. The van der Waals surface area contributed by atoms with E-state index in [1.807, 2.05) is 0 Å². The van der Waals surface area contributed by atoms with Gasteiger partial charge in [-0.3, -0.25) is 4.79 Å². The molecule has 0 N–H and O–H groups in total. The summed E-state index contributed by atoms with van der Waals surface area (Å²) in [4.78, 5) is 12.2. The summed E-state index contributed by atoms with van der Waals surface area (Å²) in [5.74, 6) is -0.493. The third kappa shape index (κ3) is 2.62. The van der Waals surface area contributed by atoms with Crippen molar-refractivity contribution in [1.82, 2.24) is 0 Å². The Kier molecular flexibility index (Phi) is 3.83. The van der Waals surface area contributed by atoms with E-state index >= 15 is 0 Å². The van der Waals surface area contributed by atoms with Crippen molar-refractivity contribution >= 4 is 33.3 Å². The highest BCUT2D eigenvalue weighted by Crippen LogP contribution is 2.24. The molecule has 0 spiro atoms. The first-order valence-corrected chi connectivity index (χ1v) is 6.42. The van der Waals surface area contributed by atoms with Crippen LogP contribution in [-0.4, -0.2) is 5.78 Å². The molecule has 0 saturated heterocycles. The first-order valence-electron chi connectivity index (χ1n) is 5.25. The molecule has 2 aromatic rings. The molecule has 0 saturated carbocycles. The molecule has 0 radical (unpaired) electrons. The van der Waals surface area contributed by atoms with Crippen LogP contribution in [0.3, 0.4) is 0 Å². The van der Waals surface area contributed by atoms with Crippen molar-refractivity contribution in [2.45, 2.75) is 6.92 Å². The van der Waals surface area contributed by atoms with E-state index < -0.39 is 0 Å². The number of carbonyl (C=O) groups is 1. The van der Waals surface area contributed by atoms with Crippen molar-refractivity contribution in [1.29, 1.82) is 0 Å². The molecule has 4 heteroatoms. The van der Waals surface area contributed by atoms with Crippen LogP contribution >= 0.6 is 27.5 Å². The first-order chi connectivity index (χ1) is 8.49. The van der Waals surface area contributed by atoms with Crippen LogP contribution in [0.2, 0.25) is 5.02 Å². The fraction of sp³-hybridized carbons (Fsp3) is 0.0714. The second-order valence-corrected chi connectivity index (χ2v) is 5.18. The van der Waals surface area contributed by atoms with Crippen molar-refractivity contribution in [3.05, 3.63) is 68.4 Å². The van der Waals surface area contributed by atoms with E-state index in [1.54, 1.807) is 25.1 Å². The van der Waals surface area contributed by atoms with Gasteiger partial charge in [-0.1, -0.05) is 11.6 Å². The van der Waals surface area contributed by atoms with Gasteiger partial charge in [-0.15, -0.1) is 0 Å². The minimum Gasteiger partial charge on any atom is -0.289 e. The number of halogens is 3. The van der Waals surface area contributed by atoms with Gasteiger partial charge >= 0.3 is 0 Å². The number of rotatable bonds is 2. The maximum absolute atomic E-state index is 13.1. The lowest BCUT2D eigenvalue weighted by atomic mass is 10.0. The van der Waals surface area contributed by atoms with Crippen LogP contribution in [0.15, 0.2) is 40.9 Å². The maximum atomic E-state index is 13.1. The molecule has 0 heterocycles. The molecule has 18 heavy (non-hydrogen) atoms. The van der Waals surface area contributed by atoms with Crippen LogP contribution in [-0.2, 0) is 0 Å². The van der Waals surface area contributed by atoms with Gasteiger partial charge < -0.3 is 0 Å². The van der Waals surface area contributed by atoms with Crippen molar-refractivity contribution < 1.29 is 9.18 Å². The molecule has 0 amide bonds. The van der Waals surface area contributed by atoms with Crippen LogP contribution in [0.25, 0.3) is 0 Å².